The standard InChI is InChI=1S/C29H19Cl3N4O2S/c1-16(17-5-4-6-19(13-17)33-29(38)26-11-12-27(32)39-26)35-36-28(37)22-15-25(21-10-9-18(30)14-23(21)31)34-24-8-3-2-7-20(22)24/h2-15H,1H3,(H,33,38)(H,36,37)/b35-16+. The number of anilines is 1. The number of para-hydroxylation sites is 1. The summed E-state index contributed by atoms with van der Waals surface area (Å²) >= 11 is 19.6. The molecule has 5 rings (SSSR count). The van der Waals surface area contributed by atoms with E-state index in [1.807, 2.05) is 30.3 Å². The second kappa shape index (κ2) is 11.6. The molecule has 10 heteroatoms. The van der Waals surface area contributed by atoms with E-state index in [1.54, 1.807) is 61.5 Å². The Bertz CT molecular complexity index is 1770. The minimum Gasteiger partial charge on any atom is -0.321 e. The summed E-state index contributed by atoms with van der Waals surface area (Å²) in [5, 5.41) is 8.78. The molecule has 0 radical (unpaired) electrons. The molecule has 6 nitrogen and oxygen atoms in total. The summed E-state index contributed by atoms with van der Waals surface area (Å²) in [5.41, 5.74) is 6.75. The molecule has 0 fully saturated rings. The van der Waals surface area contributed by atoms with Crippen molar-refractivity contribution in [1.82, 2.24) is 10.4 Å². The van der Waals surface area contributed by atoms with E-state index in [-0.39, 0.29) is 5.91 Å². The van der Waals surface area contributed by atoms with Gasteiger partial charge in [-0.25, -0.2) is 10.4 Å². The summed E-state index contributed by atoms with van der Waals surface area (Å²) in [7, 11) is 0. The molecule has 5 aromatic rings. The number of pyridine rings is 1. The van der Waals surface area contributed by atoms with E-state index in [0.29, 0.717) is 58.4 Å². The first kappa shape index (κ1) is 26.8. The lowest BCUT2D eigenvalue weighted by Gasteiger charge is -2.11. The van der Waals surface area contributed by atoms with Crippen LogP contribution in [0.1, 0.15) is 32.5 Å². The van der Waals surface area contributed by atoms with Crippen molar-refractivity contribution in [3.05, 3.63) is 115 Å². The van der Waals surface area contributed by atoms with Gasteiger partial charge in [-0.2, -0.15) is 5.10 Å². The van der Waals surface area contributed by atoms with Gasteiger partial charge >= 0.3 is 0 Å². The number of fused-ring (bicyclic) bond motifs is 1. The van der Waals surface area contributed by atoms with E-state index in [2.05, 4.69) is 15.8 Å². The fourth-order valence-corrected chi connectivity index (χ4v) is 5.35. The quantitative estimate of drug-likeness (QED) is 0.153. The van der Waals surface area contributed by atoms with Gasteiger partial charge in [-0.05, 0) is 67.1 Å². The van der Waals surface area contributed by atoms with Crippen molar-refractivity contribution >= 4 is 80.3 Å². The molecule has 0 spiro atoms. The summed E-state index contributed by atoms with van der Waals surface area (Å²) in [4.78, 5) is 31.0. The lowest BCUT2D eigenvalue weighted by molar-refractivity contribution is 0.0955. The van der Waals surface area contributed by atoms with Gasteiger partial charge in [-0.1, -0.05) is 65.1 Å². The van der Waals surface area contributed by atoms with Gasteiger partial charge in [0.1, 0.15) is 0 Å². The Morgan fingerprint density at radius 3 is 2.46 bits per heavy atom. The number of hydrogen-bond acceptors (Lipinski definition) is 5. The first-order chi connectivity index (χ1) is 18.8. The van der Waals surface area contributed by atoms with Crippen molar-refractivity contribution in [2.75, 3.05) is 5.32 Å². The van der Waals surface area contributed by atoms with E-state index in [9.17, 15) is 9.59 Å². The van der Waals surface area contributed by atoms with Gasteiger partial charge in [0, 0.05) is 21.7 Å². The van der Waals surface area contributed by atoms with Gasteiger partial charge in [0.15, 0.2) is 0 Å². The molecule has 0 saturated heterocycles. The molecule has 0 atom stereocenters. The number of nitrogens with zero attached hydrogens (tertiary/aromatic N) is 2. The third kappa shape index (κ3) is 6.13. The highest BCUT2D eigenvalue weighted by molar-refractivity contribution is 7.18. The lowest BCUT2D eigenvalue weighted by atomic mass is 10.0. The summed E-state index contributed by atoms with van der Waals surface area (Å²) in [6.45, 7) is 1.77. The number of benzene rings is 3. The predicted octanol–water partition coefficient (Wildman–Crippen LogP) is 8.33. The van der Waals surface area contributed by atoms with Crippen LogP contribution in [-0.4, -0.2) is 22.5 Å². The van der Waals surface area contributed by atoms with Gasteiger partial charge in [0.25, 0.3) is 11.8 Å². The van der Waals surface area contributed by atoms with E-state index < -0.39 is 5.91 Å². The first-order valence-corrected chi connectivity index (χ1v) is 13.6. The smallest absolute Gasteiger partial charge is 0.272 e. The maximum absolute atomic E-state index is 13.3. The summed E-state index contributed by atoms with van der Waals surface area (Å²) < 4.78 is 0.540. The SMILES string of the molecule is C/C(=N\NC(=O)c1cc(-c2ccc(Cl)cc2Cl)nc2ccccc12)c1cccc(NC(=O)c2ccc(Cl)s2)c1. The molecule has 3 aromatic carbocycles. The minimum absolute atomic E-state index is 0.256. The van der Waals surface area contributed by atoms with Crippen LogP contribution in [0.25, 0.3) is 22.2 Å². The van der Waals surface area contributed by atoms with Crippen LogP contribution >= 0.6 is 46.1 Å². The fraction of sp³-hybridized carbons (Fsp3) is 0.0345. The van der Waals surface area contributed by atoms with Crippen molar-refractivity contribution in [3.8, 4) is 11.3 Å². The molecule has 0 aliphatic carbocycles. The first-order valence-electron chi connectivity index (χ1n) is 11.7. The zero-order valence-corrected chi connectivity index (χ0v) is 23.4. The van der Waals surface area contributed by atoms with E-state index in [1.165, 1.54) is 11.3 Å². The largest absolute Gasteiger partial charge is 0.321 e. The highest BCUT2D eigenvalue weighted by Gasteiger charge is 2.16. The summed E-state index contributed by atoms with van der Waals surface area (Å²) in [5.74, 6) is -0.661. The molecular formula is C29H19Cl3N4O2S. The number of thiophene rings is 1. The zero-order chi connectivity index (χ0) is 27.5. The third-order valence-electron chi connectivity index (χ3n) is 5.83. The third-order valence-corrected chi connectivity index (χ3v) is 7.61. The summed E-state index contributed by atoms with van der Waals surface area (Å²) in [6, 6.07) is 24.7. The highest BCUT2D eigenvalue weighted by Crippen LogP contribution is 2.32. The van der Waals surface area contributed by atoms with E-state index in [0.717, 1.165) is 5.56 Å². The normalized spacial score (nSPS) is 11.4. The fourth-order valence-electron chi connectivity index (χ4n) is 3.91. The second-order valence-corrected chi connectivity index (χ2v) is 11.0. The van der Waals surface area contributed by atoms with Crippen molar-refractivity contribution in [2.45, 2.75) is 6.92 Å². The number of halogens is 3. The number of amides is 2. The molecule has 194 valence electrons. The van der Waals surface area contributed by atoms with Crippen LogP contribution in [0.5, 0.6) is 0 Å². The highest BCUT2D eigenvalue weighted by atomic mass is 35.5. The number of aromatic nitrogens is 1. The second-order valence-electron chi connectivity index (χ2n) is 8.47. The molecule has 0 saturated carbocycles. The number of carbonyl (C=O) groups excluding carboxylic acids is 2. The van der Waals surface area contributed by atoms with Crippen LogP contribution in [0.15, 0.2) is 90.0 Å². The zero-order valence-electron chi connectivity index (χ0n) is 20.3. The van der Waals surface area contributed by atoms with Crippen LogP contribution in [0.2, 0.25) is 14.4 Å². The maximum atomic E-state index is 13.3. The molecule has 0 aliphatic rings. The number of nitrogens with one attached hydrogen (secondary N) is 2. The Morgan fingerprint density at radius 1 is 0.872 bits per heavy atom. The Labute approximate surface area is 243 Å². The molecule has 2 amide bonds. The van der Waals surface area contributed by atoms with Gasteiger partial charge < -0.3 is 5.32 Å². The minimum atomic E-state index is -0.404. The van der Waals surface area contributed by atoms with Crippen LogP contribution in [0, 0.1) is 0 Å². The topological polar surface area (TPSA) is 83.4 Å². The number of rotatable bonds is 6. The maximum Gasteiger partial charge on any atom is 0.272 e. The van der Waals surface area contributed by atoms with Gasteiger partial charge in [0.05, 0.1) is 36.7 Å². The summed E-state index contributed by atoms with van der Waals surface area (Å²) in [6.07, 6.45) is 0. The Hall–Kier alpha value is -3.75. The van der Waals surface area contributed by atoms with Crippen LogP contribution in [0.4, 0.5) is 5.69 Å². The van der Waals surface area contributed by atoms with Crippen molar-refractivity contribution in [2.24, 2.45) is 5.10 Å². The number of hydrogen-bond donors (Lipinski definition) is 2. The predicted molar refractivity (Wildman–Crippen MR) is 161 cm³/mol. The van der Waals surface area contributed by atoms with Gasteiger partial charge in [0.2, 0.25) is 0 Å². The average molecular weight is 594 g/mol. The van der Waals surface area contributed by atoms with Crippen LogP contribution in [-0.2, 0) is 0 Å². The number of hydrazone groups is 1. The monoisotopic (exact) mass is 592 g/mol. The molecule has 0 aliphatic heterocycles. The Kier molecular flexibility index (Phi) is 7.95. The Balaban J connectivity index is 1.39. The van der Waals surface area contributed by atoms with Crippen molar-refractivity contribution in [1.29, 1.82) is 0 Å². The van der Waals surface area contributed by atoms with E-state index >= 15 is 0 Å². The molecule has 39 heavy (non-hydrogen) atoms. The molecular weight excluding hydrogens is 575 g/mol. The molecule has 0 bridgehead atoms. The lowest BCUT2D eigenvalue weighted by Crippen LogP contribution is -2.20. The van der Waals surface area contributed by atoms with Crippen molar-refractivity contribution in [3.63, 3.8) is 0 Å². The average Bonchev–Trinajstić information content (AvgIpc) is 3.37. The molecule has 2 aromatic heterocycles. The van der Waals surface area contributed by atoms with Crippen LogP contribution in [0.3, 0.4) is 0 Å². The van der Waals surface area contributed by atoms with Gasteiger partial charge in [-0.3, -0.25) is 9.59 Å². The molecule has 0 unspecified atom stereocenters. The van der Waals surface area contributed by atoms with Crippen LogP contribution < -0.4 is 10.7 Å². The molecule has 2 N–H and O–H groups in total. The molecule has 2 heterocycles. The van der Waals surface area contributed by atoms with E-state index in [4.69, 9.17) is 39.8 Å². The van der Waals surface area contributed by atoms with Crippen molar-refractivity contribution < 1.29 is 9.59 Å². The number of carbonyl (C=O) groups is 2. The Morgan fingerprint density at radius 2 is 1.69 bits per heavy atom. The van der Waals surface area contributed by atoms with Gasteiger partial charge in [-0.15, -0.1) is 11.3 Å².